The second-order valence-electron chi connectivity index (χ2n) is 3.71. The molecule has 0 radical (unpaired) electrons. The minimum absolute atomic E-state index is 0. The van der Waals surface area contributed by atoms with Crippen LogP contribution in [0.2, 0.25) is 0 Å². The van der Waals surface area contributed by atoms with Gasteiger partial charge in [0.25, 0.3) is 0 Å². The van der Waals surface area contributed by atoms with Crippen molar-refractivity contribution in [2.45, 2.75) is 13.5 Å². The van der Waals surface area contributed by atoms with E-state index in [9.17, 15) is 51.8 Å². The van der Waals surface area contributed by atoms with Gasteiger partial charge in [-0.05, 0) is 18.6 Å². The van der Waals surface area contributed by atoms with Crippen LogP contribution in [-0.4, -0.2) is 28.4 Å². The van der Waals surface area contributed by atoms with E-state index in [2.05, 4.69) is 22.0 Å². The van der Waals surface area contributed by atoms with Gasteiger partial charge in [-0.3, -0.25) is 0 Å². The fourth-order valence-electron chi connectivity index (χ4n) is 0.827. The molecule has 0 bridgehead atoms. The summed E-state index contributed by atoms with van der Waals surface area (Å²) in [5.41, 5.74) is 1.20. The van der Waals surface area contributed by atoms with E-state index in [1.807, 2.05) is 25.1 Å². The second-order valence-corrected chi connectivity index (χ2v) is 4.57. The van der Waals surface area contributed by atoms with Gasteiger partial charge in [0.05, 0.1) is 6.61 Å². The Morgan fingerprint density at radius 3 is 1.33 bits per heavy atom. The van der Waals surface area contributed by atoms with E-state index in [0.29, 0.717) is 6.61 Å². The summed E-state index contributed by atoms with van der Waals surface area (Å²) in [6.07, 6.45) is 0. The van der Waals surface area contributed by atoms with Gasteiger partial charge < -0.3 is 58.0 Å². The third-order valence-electron chi connectivity index (χ3n) is 1.42. The summed E-state index contributed by atoms with van der Waals surface area (Å²) < 4.78 is 123. The average Bonchev–Trinajstić information content (AvgIpc) is 2.32. The molecular weight excluding hydrogens is 487 g/mol. The van der Waals surface area contributed by atoms with Crippen LogP contribution in [0.1, 0.15) is 13.9 Å². The standard InChI is InChI=1S/C9H11BrO.3BF4.Na.H/c1-2-11-7-8-5-3-4-6-9(8)10;3*2-1(3,4)5;;/h3-6H,2,7H2,1H3;;;;;/q;3*-1;+1;-1. The SMILES string of the molecule is CCOCc1ccccc1Br.F[B-](F)(F)F.F[B-](F)(F)F.F[B-](F)(F)F.[H-].[Na+]. The largest absolute Gasteiger partial charge is 1.00 e. The Labute approximate surface area is 179 Å². The zero-order valence-corrected chi connectivity index (χ0v) is 17.4. The zero-order chi connectivity index (χ0) is 21.6. The van der Waals surface area contributed by atoms with Crippen LogP contribution >= 0.6 is 15.9 Å². The smallest absolute Gasteiger partial charge is 1.00 e. The number of halogens is 13. The van der Waals surface area contributed by atoms with Crippen molar-refractivity contribution in [3.63, 3.8) is 0 Å². The zero-order valence-electron chi connectivity index (χ0n) is 14.8. The first-order valence-corrected chi connectivity index (χ1v) is 7.07. The molecule has 1 nitrogen and oxygen atoms in total. The Hall–Kier alpha value is 0.0148. The number of ether oxygens (including phenoxy) is 1. The maximum atomic E-state index is 9.75. The van der Waals surface area contributed by atoms with Crippen LogP contribution in [0.25, 0.3) is 0 Å². The molecule has 1 aromatic rings. The van der Waals surface area contributed by atoms with Gasteiger partial charge in [0.15, 0.2) is 0 Å². The summed E-state index contributed by atoms with van der Waals surface area (Å²) in [5.74, 6) is 0. The molecule has 0 saturated heterocycles. The molecule has 1 aromatic carbocycles. The first kappa shape index (κ1) is 34.5. The molecule has 27 heavy (non-hydrogen) atoms. The molecule has 18 heteroatoms. The first-order valence-electron chi connectivity index (χ1n) is 6.27. The Kier molecular flexibility index (Phi) is 21.6. The molecule has 0 aromatic heterocycles. The van der Waals surface area contributed by atoms with E-state index in [4.69, 9.17) is 4.74 Å². The normalized spacial score (nSPS) is 10.7. The van der Waals surface area contributed by atoms with Gasteiger partial charge in [-0.2, -0.15) is 0 Å². The third kappa shape index (κ3) is 66.5. The fraction of sp³-hybridized carbons (Fsp3) is 0.333. The van der Waals surface area contributed by atoms with Gasteiger partial charge in [-0.15, -0.1) is 0 Å². The van der Waals surface area contributed by atoms with Crippen molar-refractivity contribution < 1.29 is 87.5 Å². The number of hydrogen-bond acceptors (Lipinski definition) is 1. The summed E-state index contributed by atoms with van der Waals surface area (Å²) in [6.45, 7) is 3.45. The Morgan fingerprint density at radius 2 is 1.07 bits per heavy atom. The van der Waals surface area contributed by atoms with Gasteiger partial charge in [0.1, 0.15) is 0 Å². The van der Waals surface area contributed by atoms with Crippen LogP contribution < -0.4 is 29.6 Å². The van der Waals surface area contributed by atoms with Crippen molar-refractivity contribution in [2.24, 2.45) is 0 Å². The molecule has 1 rings (SSSR count). The van der Waals surface area contributed by atoms with E-state index in [-0.39, 0.29) is 31.0 Å². The molecule has 0 aliphatic rings. The van der Waals surface area contributed by atoms with E-state index < -0.39 is 21.8 Å². The molecule has 0 heterocycles. The molecule has 0 unspecified atom stereocenters. The molecule has 0 atom stereocenters. The molecule has 0 amide bonds. The van der Waals surface area contributed by atoms with E-state index in [1.54, 1.807) is 0 Å². The van der Waals surface area contributed by atoms with E-state index in [1.165, 1.54) is 5.56 Å². The fourth-order valence-corrected chi connectivity index (χ4v) is 1.23. The predicted octanol–water partition coefficient (Wildman–Crippen LogP) is 4.00. The van der Waals surface area contributed by atoms with Crippen LogP contribution in [0.3, 0.4) is 0 Å². The first-order chi connectivity index (χ1) is 11.3. The Balaban J connectivity index is -0.0000000896. The van der Waals surface area contributed by atoms with Gasteiger partial charge in [-0.1, -0.05) is 34.1 Å². The molecule has 0 aliphatic carbocycles. The average molecular weight is 499 g/mol. The van der Waals surface area contributed by atoms with Crippen LogP contribution in [-0.2, 0) is 11.3 Å². The minimum Gasteiger partial charge on any atom is -1.00 e. The van der Waals surface area contributed by atoms with Gasteiger partial charge >= 0.3 is 51.3 Å². The number of hydrogen-bond donors (Lipinski definition) is 0. The Morgan fingerprint density at radius 1 is 0.778 bits per heavy atom. The molecule has 0 saturated carbocycles. The summed E-state index contributed by atoms with van der Waals surface area (Å²) in [4.78, 5) is 0. The van der Waals surface area contributed by atoms with Gasteiger partial charge in [0, 0.05) is 11.1 Å². The molecule has 0 fully saturated rings. The molecule has 158 valence electrons. The van der Waals surface area contributed by atoms with E-state index in [0.717, 1.165) is 11.1 Å². The maximum absolute atomic E-state index is 9.75. The molecule has 0 N–H and O–H groups in total. The molecular formula is C9H12B3BrF12NaO-3. The van der Waals surface area contributed by atoms with Gasteiger partial charge in [0.2, 0.25) is 0 Å². The maximum Gasteiger partial charge on any atom is 1.00 e. The van der Waals surface area contributed by atoms with Crippen LogP contribution in [0.4, 0.5) is 51.8 Å². The van der Waals surface area contributed by atoms with Crippen molar-refractivity contribution in [3.8, 4) is 0 Å². The predicted molar refractivity (Wildman–Crippen MR) is 81.1 cm³/mol. The van der Waals surface area contributed by atoms with Crippen molar-refractivity contribution in [1.82, 2.24) is 0 Å². The Bertz CT molecular complexity index is 430. The minimum atomic E-state index is -6.00. The molecule has 0 spiro atoms. The summed E-state index contributed by atoms with van der Waals surface area (Å²) in [7, 11) is -18.0. The van der Waals surface area contributed by atoms with Crippen LogP contribution in [0.15, 0.2) is 28.7 Å². The second kappa shape index (κ2) is 16.9. The summed E-state index contributed by atoms with van der Waals surface area (Å²) in [6, 6.07) is 8.09. The van der Waals surface area contributed by atoms with Crippen LogP contribution in [0.5, 0.6) is 0 Å². The van der Waals surface area contributed by atoms with E-state index >= 15 is 0 Å². The van der Waals surface area contributed by atoms with Crippen molar-refractivity contribution in [3.05, 3.63) is 34.3 Å². The quantitative estimate of drug-likeness (QED) is 0.452. The number of rotatable bonds is 3. The monoisotopic (exact) mass is 499 g/mol. The number of benzene rings is 1. The molecule has 0 aliphatic heterocycles. The third-order valence-corrected chi connectivity index (χ3v) is 2.19. The van der Waals surface area contributed by atoms with Crippen molar-refractivity contribution in [1.29, 1.82) is 0 Å². The van der Waals surface area contributed by atoms with Gasteiger partial charge in [-0.25, -0.2) is 0 Å². The van der Waals surface area contributed by atoms with Crippen molar-refractivity contribution >= 4 is 37.7 Å². The summed E-state index contributed by atoms with van der Waals surface area (Å²) in [5, 5.41) is 0. The topological polar surface area (TPSA) is 9.23 Å². The summed E-state index contributed by atoms with van der Waals surface area (Å²) >= 11 is 3.45. The van der Waals surface area contributed by atoms with Crippen LogP contribution in [0, 0.1) is 0 Å². The van der Waals surface area contributed by atoms with Crippen molar-refractivity contribution in [2.75, 3.05) is 6.61 Å².